The van der Waals surface area contributed by atoms with Crippen LogP contribution in [0.4, 0.5) is 5.69 Å². The molecule has 0 atom stereocenters. The Labute approximate surface area is 92.1 Å². The summed E-state index contributed by atoms with van der Waals surface area (Å²) in [4.78, 5) is 10.5. The third-order valence-corrected chi connectivity index (χ3v) is 1.19. The van der Waals surface area contributed by atoms with Gasteiger partial charge in [-0.05, 0) is 24.3 Å². The second kappa shape index (κ2) is 13.3. The van der Waals surface area contributed by atoms with Gasteiger partial charge in [0.15, 0.2) is 0 Å². The Bertz CT molecular complexity index is 262. The van der Waals surface area contributed by atoms with Crippen molar-refractivity contribution < 1.29 is 37.3 Å². The molecule has 8 heteroatoms. The molecule has 0 saturated heterocycles. The number of phenols is 1. The van der Waals surface area contributed by atoms with E-state index in [9.17, 15) is 4.79 Å². The maximum atomic E-state index is 10.5. The lowest BCUT2D eigenvalue weighted by Crippen LogP contribution is -2.04. The molecule has 0 bridgehead atoms. The summed E-state index contributed by atoms with van der Waals surface area (Å²) in [7, 11) is 0. The van der Waals surface area contributed by atoms with Crippen molar-refractivity contribution in [1.29, 1.82) is 0 Å². The van der Waals surface area contributed by atoms with Crippen molar-refractivity contribution in [2.24, 2.45) is 0 Å². The summed E-state index contributed by atoms with van der Waals surface area (Å²) in [5.74, 6) is 0.0785. The lowest BCUT2D eigenvalue weighted by atomic mass is 10.3. The maximum Gasteiger partial charge on any atom is 0.221 e. The first-order valence-corrected chi connectivity index (χ1v) is 3.25. The second-order valence-electron chi connectivity index (χ2n) is 2.23. The van der Waals surface area contributed by atoms with Gasteiger partial charge in [-0.15, -0.1) is 0 Å². The summed E-state index contributed by atoms with van der Waals surface area (Å²) < 4.78 is 0. The van der Waals surface area contributed by atoms with E-state index in [1.807, 2.05) is 0 Å². The molecule has 1 amide bonds. The van der Waals surface area contributed by atoms with Crippen LogP contribution in [-0.2, 0) is 4.79 Å². The molecule has 98 valence electrons. The number of rotatable bonds is 1. The zero-order chi connectivity index (χ0) is 8.27. The van der Waals surface area contributed by atoms with Gasteiger partial charge in [0, 0.05) is 12.6 Å². The van der Waals surface area contributed by atoms with E-state index in [1.54, 1.807) is 12.1 Å². The number of carbonyl (C=O) groups excluding carboxylic acids is 1. The fourth-order valence-corrected chi connectivity index (χ4v) is 0.748. The molecule has 0 aliphatic carbocycles. The molecule has 0 unspecified atom stereocenters. The van der Waals surface area contributed by atoms with Gasteiger partial charge in [0.05, 0.1) is 0 Å². The van der Waals surface area contributed by atoms with E-state index in [0.29, 0.717) is 5.69 Å². The summed E-state index contributed by atoms with van der Waals surface area (Å²) in [5.41, 5.74) is 0.690. The number of carbonyl (C=O) groups is 1. The third kappa shape index (κ3) is 10.4. The number of amides is 1. The van der Waals surface area contributed by atoms with Crippen LogP contribution in [0, 0.1) is 0 Å². The molecular weight excluding hydrogens is 222 g/mol. The van der Waals surface area contributed by atoms with Crippen LogP contribution < -0.4 is 5.32 Å². The summed E-state index contributed by atoms with van der Waals surface area (Å²) >= 11 is 0. The van der Waals surface area contributed by atoms with Crippen molar-refractivity contribution in [2.75, 3.05) is 5.32 Å². The van der Waals surface area contributed by atoms with Crippen molar-refractivity contribution in [3.8, 4) is 5.75 Å². The van der Waals surface area contributed by atoms with Crippen molar-refractivity contribution in [3.63, 3.8) is 0 Å². The molecule has 0 saturated carbocycles. The third-order valence-electron chi connectivity index (χ3n) is 1.19. The lowest BCUT2D eigenvalue weighted by molar-refractivity contribution is -0.114. The SMILES string of the molecule is CC(=O)Nc1ccc(O)cc1.O.O.O.O.O. The van der Waals surface area contributed by atoms with E-state index < -0.39 is 0 Å². The quantitative estimate of drug-likeness (QED) is 0.500. The minimum absolute atomic E-state index is 0. The van der Waals surface area contributed by atoms with E-state index in [0.717, 1.165) is 0 Å². The molecule has 1 aromatic carbocycles. The predicted molar refractivity (Wildman–Crippen MR) is 60.5 cm³/mol. The van der Waals surface area contributed by atoms with E-state index >= 15 is 0 Å². The van der Waals surface area contributed by atoms with Crippen LogP contribution in [0.1, 0.15) is 6.92 Å². The van der Waals surface area contributed by atoms with Gasteiger partial charge in [-0.2, -0.15) is 0 Å². The fourth-order valence-electron chi connectivity index (χ4n) is 0.748. The number of hydrogen-bond acceptors (Lipinski definition) is 2. The fraction of sp³-hybridized carbons (Fsp3) is 0.125. The van der Waals surface area contributed by atoms with Crippen molar-refractivity contribution in [2.45, 2.75) is 6.92 Å². The van der Waals surface area contributed by atoms with E-state index in [4.69, 9.17) is 5.11 Å². The van der Waals surface area contributed by atoms with Crippen LogP contribution in [0.3, 0.4) is 0 Å². The van der Waals surface area contributed by atoms with Crippen molar-refractivity contribution in [1.82, 2.24) is 0 Å². The molecule has 8 nitrogen and oxygen atoms in total. The Morgan fingerprint density at radius 3 is 1.69 bits per heavy atom. The van der Waals surface area contributed by atoms with E-state index in [1.165, 1.54) is 19.1 Å². The Morgan fingerprint density at radius 1 is 1.00 bits per heavy atom. The van der Waals surface area contributed by atoms with Crippen LogP contribution in [0.25, 0.3) is 0 Å². The molecule has 0 aliphatic rings. The van der Waals surface area contributed by atoms with Crippen LogP contribution in [0.5, 0.6) is 5.75 Å². The highest BCUT2D eigenvalue weighted by Gasteiger charge is 1.93. The largest absolute Gasteiger partial charge is 0.508 e. The minimum Gasteiger partial charge on any atom is -0.508 e. The van der Waals surface area contributed by atoms with Crippen LogP contribution in [-0.4, -0.2) is 38.4 Å². The Hall–Kier alpha value is -1.71. The Kier molecular flexibility index (Phi) is 24.3. The molecule has 1 aromatic rings. The molecule has 0 fully saturated rings. The number of aromatic hydroxyl groups is 1. The van der Waals surface area contributed by atoms with Gasteiger partial charge in [-0.3, -0.25) is 4.79 Å². The summed E-state index contributed by atoms with van der Waals surface area (Å²) in [5, 5.41) is 11.5. The molecule has 16 heavy (non-hydrogen) atoms. The zero-order valence-electron chi connectivity index (χ0n) is 8.66. The molecule has 0 aromatic heterocycles. The Morgan fingerprint density at radius 2 is 1.38 bits per heavy atom. The van der Waals surface area contributed by atoms with Gasteiger partial charge in [-0.25, -0.2) is 0 Å². The lowest BCUT2D eigenvalue weighted by Gasteiger charge is -1.99. The van der Waals surface area contributed by atoms with Gasteiger partial charge >= 0.3 is 0 Å². The first-order valence-electron chi connectivity index (χ1n) is 3.25. The average molecular weight is 241 g/mol. The highest BCUT2D eigenvalue weighted by molar-refractivity contribution is 5.88. The molecule has 12 N–H and O–H groups in total. The monoisotopic (exact) mass is 241 g/mol. The molecule has 0 radical (unpaired) electrons. The number of anilines is 1. The highest BCUT2D eigenvalue weighted by Crippen LogP contribution is 2.13. The van der Waals surface area contributed by atoms with Crippen LogP contribution >= 0.6 is 0 Å². The molecular formula is C8H19NO7. The smallest absolute Gasteiger partial charge is 0.221 e. The van der Waals surface area contributed by atoms with Gasteiger partial charge in [-0.1, -0.05) is 0 Å². The van der Waals surface area contributed by atoms with Crippen LogP contribution in [0.15, 0.2) is 24.3 Å². The molecule has 1 rings (SSSR count). The molecule has 0 aliphatic heterocycles. The number of benzene rings is 1. The zero-order valence-corrected chi connectivity index (χ0v) is 8.66. The minimum atomic E-state index is -0.115. The van der Waals surface area contributed by atoms with Gasteiger partial charge in [0.1, 0.15) is 5.75 Å². The predicted octanol–water partition coefficient (Wildman–Crippen LogP) is -2.77. The first-order chi connectivity index (χ1) is 5.18. The molecule has 0 heterocycles. The van der Waals surface area contributed by atoms with Crippen molar-refractivity contribution >= 4 is 11.6 Å². The summed E-state index contributed by atoms with van der Waals surface area (Å²) in [6.07, 6.45) is 0. The first kappa shape index (κ1) is 29.2. The highest BCUT2D eigenvalue weighted by atomic mass is 16.3. The second-order valence-corrected chi connectivity index (χ2v) is 2.23. The van der Waals surface area contributed by atoms with E-state index in [-0.39, 0.29) is 39.0 Å². The van der Waals surface area contributed by atoms with Gasteiger partial charge < -0.3 is 37.8 Å². The number of phenolic OH excluding ortho intramolecular Hbond substituents is 1. The normalized spacial score (nSPS) is 6.31. The molecule has 0 spiro atoms. The summed E-state index contributed by atoms with van der Waals surface area (Å²) in [6.45, 7) is 1.44. The average Bonchev–Trinajstić information content (AvgIpc) is 1.93. The summed E-state index contributed by atoms with van der Waals surface area (Å²) in [6, 6.07) is 6.31. The van der Waals surface area contributed by atoms with Gasteiger partial charge in [0.25, 0.3) is 0 Å². The maximum absolute atomic E-state index is 10.5. The van der Waals surface area contributed by atoms with Crippen LogP contribution in [0.2, 0.25) is 0 Å². The van der Waals surface area contributed by atoms with E-state index in [2.05, 4.69) is 5.32 Å². The topological polar surface area (TPSA) is 207 Å². The number of nitrogens with one attached hydrogen (secondary N) is 1. The standard InChI is InChI=1S/C8H9NO2.5H2O/c1-6(10)9-7-2-4-8(11)5-3-7;;;;;/h2-5,11H,1H3,(H,9,10);5*1H2. The Balaban J connectivity index is -0.0000000807. The van der Waals surface area contributed by atoms with Crippen molar-refractivity contribution in [3.05, 3.63) is 24.3 Å². The number of hydrogen-bond donors (Lipinski definition) is 2. The van der Waals surface area contributed by atoms with Gasteiger partial charge in [0.2, 0.25) is 5.91 Å².